The number of hydrogen-bond acceptors (Lipinski definition) is 4. The Bertz CT molecular complexity index is 312. The van der Waals surface area contributed by atoms with Gasteiger partial charge >= 0.3 is 0 Å². The van der Waals surface area contributed by atoms with Crippen LogP contribution in [0.3, 0.4) is 0 Å². The molecule has 0 aliphatic rings. The molecule has 0 aromatic carbocycles. The van der Waals surface area contributed by atoms with E-state index in [0.717, 1.165) is 31.4 Å². The SMILES string of the molecule is CCCCCc1nnncc1C(C)=O. The van der Waals surface area contributed by atoms with Gasteiger partial charge in [-0.15, -0.1) is 10.2 Å². The summed E-state index contributed by atoms with van der Waals surface area (Å²) in [6, 6.07) is 0. The van der Waals surface area contributed by atoms with Gasteiger partial charge in [-0.1, -0.05) is 19.8 Å². The number of hydrogen-bond donors (Lipinski definition) is 0. The highest BCUT2D eigenvalue weighted by Gasteiger charge is 2.08. The number of carbonyl (C=O) groups is 1. The molecule has 1 rings (SSSR count). The highest BCUT2D eigenvalue weighted by Crippen LogP contribution is 2.08. The number of ketones is 1. The Morgan fingerprint density at radius 3 is 2.86 bits per heavy atom. The van der Waals surface area contributed by atoms with Gasteiger partial charge in [0.2, 0.25) is 0 Å². The Labute approximate surface area is 83.7 Å². The van der Waals surface area contributed by atoms with Crippen LogP contribution < -0.4 is 0 Å². The topological polar surface area (TPSA) is 55.7 Å². The molecule has 4 nitrogen and oxygen atoms in total. The Morgan fingerprint density at radius 1 is 1.43 bits per heavy atom. The first kappa shape index (κ1) is 10.8. The molecule has 0 N–H and O–H groups in total. The van der Waals surface area contributed by atoms with Gasteiger partial charge in [0.05, 0.1) is 17.5 Å². The third kappa shape index (κ3) is 2.87. The summed E-state index contributed by atoms with van der Waals surface area (Å²) in [5, 5.41) is 11.1. The molecule has 0 bridgehead atoms. The van der Waals surface area contributed by atoms with Crippen molar-refractivity contribution in [2.75, 3.05) is 0 Å². The van der Waals surface area contributed by atoms with Crippen molar-refractivity contribution in [1.29, 1.82) is 0 Å². The fourth-order valence-electron chi connectivity index (χ4n) is 1.31. The van der Waals surface area contributed by atoms with Crippen LogP contribution in [0.1, 0.15) is 49.2 Å². The average molecular weight is 193 g/mol. The van der Waals surface area contributed by atoms with E-state index in [-0.39, 0.29) is 5.78 Å². The minimum absolute atomic E-state index is 0.0129. The van der Waals surface area contributed by atoms with E-state index < -0.39 is 0 Å². The summed E-state index contributed by atoms with van der Waals surface area (Å²) in [5.41, 5.74) is 1.39. The number of aryl methyl sites for hydroxylation is 1. The molecule has 0 radical (unpaired) electrons. The number of unbranched alkanes of at least 4 members (excludes halogenated alkanes) is 2. The molecule has 1 aromatic rings. The van der Waals surface area contributed by atoms with Crippen LogP contribution in [-0.4, -0.2) is 21.2 Å². The number of nitrogens with zero attached hydrogens (tertiary/aromatic N) is 3. The molecule has 0 aliphatic heterocycles. The van der Waals surface area contributed by atoms with Crippen LogP contribution in [-0.2, 0) is 6.42 Å². The fourth-order valence-corrected chi connectivity index (χ4v) is 1.31. The summed E-state index contributed by atoms with van der Waals surface area (Å²) in [5.74, 6) is 0.0129. The molecule has 0 fully saturated rings. The first-order valence-corrected chi connectivity index (χ1v) is 4.94. The minimum Gasteiger partial charge on any atom is -0.294 e. The molecule has 0 saturated heterocycles. The van der Waals surface area contributed by atoms with Crippen LogP contribution in [0.2, 0.25) is 0 Å². The third-order valence-electron chi connectivity index (χ3n) is 2.11. The van der Waals surface area contributed by atoms with E-state index in [4.69, 9.17) is 0 Å². The molecule has 0 unspecified atom stereocenters. The van der Waals surface area contributed by atoms with E-state index in [2.05, 4.69) is 22.3 Å². The number of Topliss-reactive ketones (excluding diaryl/α,β-unsaturated/α-hetero) is 1. The van der Waals surface area contributed by atoms with Crippen molar-refractivity contribution >= 4 is 5.78 Å². The van der Waals surface area contributed by atoms with Crippen molar-refractivity contribution in [3.63, 3.8) is 0 Å². The van der Waals surface area contributed by atoms with Gasteiger partial charge in [0, 0.05) is 0 Å². The highest BCUT2D eigenvalue weighted by atomic mass is 16.1. The van der Waals surface area contributed by atoms with Gasteiger partial charge in [-0.2, -0.15) is 0 Å². The summed E-state index contributed by atoms with van der Waals surface area (Å²) >= 11 is 0. The van der Waals surface area contributed by atoms with Crippen LogP contribution in [0.4, 0.5) is 0 Å². The van der Waals surface area contributed by atoms with Gasteiger partial charge < -0.3 is 0 Å². The molecular formula is C10H15N3O. The quantitative estimate of drug-likeness (QED) is 0.528. The maximum absolute atomic E-state index is 11.2. The predicted molar refractivity (Wildman–Crippen MR) is 53.1 cm³/mol. The summed E-state index contributed by atoms with van der Waals surface area (Å²) in [4.78, 5) is 11.2. The second-order valence-electron chi connectivity index (χ2n) is 3.31. The van der Waals surface area contributed by atoms with Crippen LogP contribution in [0.15, 0.2) is 6.20 Å². The lowest BCUT2D eigenvalue weighted by Crippen LogP contribution is -2.05. The lowest BCUT2D eigenvalue weighted by atomic mass is 10.1. The van der Waals surface area contributed by atoms with E-state index in [9.17, 15) is 4.79 Å². The molecule has 0 aliphatic carbocycles. The van der Waals surface area contributed by atoms with E-state index in [0.29, 0.717) is 5.56 Å². The zero-order chi connectivity index (χ0) is 10.4. The summed E-state index contributed by atoms with van der Waals surface area (Å²) in [7, 11) is 0. The van der Waals surface area contributed by atoms with Crippen LogP contribution >= 0.6 is 0 Å². The Morgan fingerprint density at radius 2 is 2.21 bits per heavy atom. The van der Waals surface area contributed by atoms with E-state index in [1.165, 1.54) is 13.1 Å². The summed E-state index contributed by atoms with van der Waals surface area (Å²) in [6.45, 7) is 3.67. The van der Waals surface area contributed by atoms with Gasteiger partial charge in [0.1, 0.15) is 0 Å². The molecule has 4 heteroatoms. The Hall–Kier alpha value is -1.32. The highest BCUT2D eigenvalue weighted by molar-refractivity contribution is 5.94. The zero-order valence-electron chi connectivity index (χ0n) is 8.66. The average Bonchev–Trinajstić information content (AvgIpc) is 2.19. The van der Waals surface area contributed by atoms with Gasteiger partial charge in [0.25, 0.3) is 0 Å². The van der Waals surface area contributed by atoms with Crippen molar-refractivity contribution in [3.8, 4) is 0 Å². The Balaban J connectivity index is 2.69. The van der Waals surface area contributed by atoms with E-state index in [1.54, 1.807) is 0 Å². The van der Waals surface area contributed by atoms with E-state index >= 15 is 0 Å². The monoisotopic (exact) mass is 193 g/mol. The molecule has 1 aromatic heterocycles. The van der Waals surface area contributed by atoms with Crippen molar-refractivity contribution in [2.45, 2.75) is 39.5 Å². The molecular weight excluding hydrogens is 178 g/mol. The van der Waals surface area contributed by atoms with Gasteiger partial charge in [-0.05, 0) is 25.0 Å². The third-order valence-corrected chi connectivity index (χ3v) is 2.11. The predicted octanol–water partition coefficient (Wildman–Crippen LogP) is 1.81. The lowest BCUT2D eigenvalue weighted by Gasteiger charge is -2.02. The maximum atomic E-state index is 11.2. The number of carbonyl (C=O) groups excluding carboxylic acids is 1. The molecule has 0 saturated carbocycles. The van der Waals surface area contributed by atoms with Crippen molar-refractivity contribution in [1.82, 2.24) is 15.4 Å². The first-order chi connectivity index (χ1) is 6.75. The minimum atomic E-state index is 0.0129. The fraction of sp³-hybridized carbons (Fsp3) is 0.600. The lowest BCUT2D eigenvalue weighted by molar-refractivity contribution is 0.101. The molecule has 76 valence electrons. The van der Waals surface area contributed by atoms with Gasteiger partial charge in [0.15, 0.2) is 5.78 Å². The van der Waals surface area contributed by atoms with Gasteiger partial charge in [-0.3, -0.25) is 4.79 Å². The molecule has 14 heavy (non-hydrogen) atoms. The van der Waals surface area contributed by atoms with Crippen molar-refractivity contribution in [3.05, 3.63) is 17.5 Å². The molecule has 0 atom stereocenters. The normalized spacial score (nSPS) is 10.1. The zero-order valence-corrected chi connectivity index (χ0v) is 8.66. The standard InChI is InChI=1S/C10H15N3O/c1-3-4-5-6-10-9(8(2)14)7-11-13-12-10/h7H,3-6H2,1-2H3. The second-order valence-corrected chi connectivity index (χ2v) is 3.31. The van der Waals surface area contributed by atoms with Crippen LogP contribution in [0, 0.1) is 0 Å². The smallest absolute Gasteiger partial charge is 0.163 e. The largest absolute Gasteiger partial charge is 0.294 e. The molecule has 0 spiro atoms. The van der Waals surface area contributed by atoms with Crippen molar-refractivity contribution < 1.29 is 4.79 Å². The van der Waals surface area contributed by atoms with Crippen LogP contribution in [0.5, 0.6) is 0 Å². The number of rotatable bonds is 5. The number of aromatic nitrogens is 3. The summed E-state index contributed by atoms with van der Waals surface area (Å²) in [6.07, 6.45) is 5.68. The van der Waals surface area contributed by atoms with Crippen LogP contribution in [0.25, 0.3) is 0 Å². The second kappa shape index (κ2) is 5.42. The molecule has 0 amide bonds. The Kier molecular flexibility index (Phi) is 4.16. The van der Waals surface area contributed by atoms with E-state index in [1.807, 2.05) is 0 Å². The summed E-state index contributed by atoms with van der Waals surface area (Å²) < 4.78 is 0. The molecule has 1 heterocycles. The first-order valence-electron chi connectivity index (χ1n) is 4.94. The maximum Gasteiger partial charge on any atom is 0.163 e. The van der Waals surface area contributed by atoms with Crippen molar-refractivity contribution in [2.24, 2.45) is 0 Å². The van der Waals surface area contributed by atoms with Gasteiger partial charge in [-0.25, -0.2) is 0 Å².